The lowest BCUT2D eigenvalue weighted by Crippen LogP contribution is -2.14. The molecule has 0 aliphatic carbocycles. The van der Waals surface area contributed by atoms with Gasteiger partial charge in [0.15, 0.2) is 6.29 Å². The third-order valence-corrected chi connectivity index (χ3v) is 1.31. The first kappa shape index (κ1) is 10.6. The zero-order chi connectivity index (χ0) is 9.40. The fourth-order valence-corrected chi connectivity index (χ4v) is 0.693. The van der Waals surface area contributed by atoms with Crippen LogP contribution in [0.5, 0.6) is 0 Å². The second-order valence-corrected chi connectivity index (χ2v) is 2.18. The highest BCUT2D eigenvalue weighted by Gasteiger charge is 1.94. The van der Waals surface area contributed by atoms with Gasteiger partial charge >= 0.3 is 0 Å². The van der Waals surface area contributed by atoms with Gasteiger partial charge in [-0.2, -0.15) is 0 Å². The van der Waals surface area contributed by atoms with E-state index in [1.165, 1.54) is 11.1 Å². The van der Waals surface area contributed by atoms with Crippen LogP contribution in [0.2, 0.25) is 0 Å². The molecule has 0 bridgehead atoms. The van der Waals surface area contributed by atoms with Crippen molar-refractivity contribution in [2.75, 3.05) is 6.54 Å². The van der Waals surface area contributed by atoms with E-state index in [9.17, 15) is 9.59 Å². The third-order valence-electron chi connectivity index (χ3n) is 1.31. The molecule has 66 valence electrons. The maximum Gasteiger partial charge on any atom is 0.213 e. The van der Waals surface area contributed by atoms with E-state index in [2.05, 4.69) is 0 Å². The number of carbonyl (C=O) groups excluding carboxylic acids is 2. The average Bonchev–Trinajstić information content (AvgIpc) is 2.12. The molecule has 12 heavy (non-hydrogen) atoms. The lowest BCUT2D eigenvalue weighted by molar-refractivity contribution is -0.115. The van der Waals surface area contributed by atoms with Crippen molar-refractivity contribution >= 4 is 12.7 Å². The van der Waals surface area contributed by atoms with Gasteiger partial charge in [-0.25, -0.2) is 0 Å². The molecule has 0 saturated carbocycles. The predicted octanol–water partition coefficient (Wildman–Crippen LogP) is 1.12. The highest BCUT2D eigenvalue weighted by molar-refractivity contribution is 5.77. The highest BCUT2D eigenvalue weighted by Crippen LogP contribution is 1.95. The Kier molecular flexibility index (Phi) is 5.61. The minimum Gasteiger partial charge on any atom is -0.321 e. The van der Waals surface area contributed by atoms with Crippen molar-refractivity contribution in [2.24, 2.45) is 0 Å². The number of amides is 1. The molecule has 0 aliphatic rings. The Labute approximate surface area is 72.4 Å². The molecule has 0 spiro atoms. The number of allylic oxidation sites excluding steroid dienone is 3. The smallest absolute Gasteiger partial charge is 0.213 e. The molecule has 0 aromatic rings. The number of nitrogens with zero attached hydrogens (tertiary/aromatic N) is 1. The standard InChI is InChI=1S/C9H13NO2/c1-3-5-9(7-11)6-10(4-2)8-12/h3,5-8H,4H2,1-2H3/b5-3-,9-6+. The molecule has 0 heterocycles. The van der Waals surface area contributed by atoms with E-state index >= 15 is 0 Å². The summed E-state index contributed by atoms with van der Waals surface area (Å²) in [5, 5.41) is 0. The van der Waals surface area contributed by atoms with Gasteiger partial charge in [-0.05, 0) is 13.8 Å². The number of hydrogen-bond acceptors (Lipinski definition) is 2. The lowest BCUT2D eigenvalue weighted by Gasteiger charge is -2.07. The summed E-state index contributed by atoms with van der Waals surface area (Å²) >= 11 is 0. The molecule has 3 nitrogen and oxygen atoms in total. The van der Waals surface area contributed by atoms with Crippen LogP contribution in [-0.4, -0.2) is 24.1 Å². The average molecular weight is 167 g/mol. The summed E-state index contributed by atoms with van der Waals surface area (Å²) in [5.74, 6) is 0. The zero-order valence-electron chi connectivity index (χ0n) is 7.36. The van der Waals surface area contributed by atoms with Crippen molar-refractivity contribution in [2.45, 2.75) is 13.8 Å². The van der Waals surface area contributed by atoms with Crippen LogP contribution in [0.3, 0.4) is 0 Å². The van der Waals surface area contributed by atoms with Crippen LogP contribution in [0.15, 0.2) is 23.9 Å². The fourth-order valence-electron chi connectivity index (χ4n) is 0.693. The van der Waals surface area contributed by atoms with Crippen molar-refractivity contribution < 1.29 is 9.59 Å². The SMILES string of the molecule is C/C=C\C(C=O)=C/N(C=O)CC. The van der Waals surface area contributed by atoms with Crippen LogP contribution in [0, 0.1) is 0 Å². The second kappa shape index (κ2) is 6.34. The first-order valence-corrected chi connectivity index (χ1v) is 3.79. The molecular weight excluding hydrogens is 154 g/mol. The summed E-state index contributed by atoms with van der Waals surface area (Å²) in [6, 6.07) is 0. The van der Waals surface area contributed by atoms with Crippen molar-refractivity contribution in [3.63, 3.8) is 0 Å². The molecule has 0 fully saturated rings. The predicted molar refractivity (Wildman–Crippen MR) is 47.4 cm³/mol. The molecule has 0 saturated heterocycles. The van der Waals surface area contributed by atoms with Crippen LogP contribution >= 0.6 is 0 Å². The number of rotatable bonds is 5. The maximum atomic E-state index is 10.4. The Balaban J connectivity index is 4.43. The van der Waals surface area contributed by atoms with Crippen molar-refractivity contribution in [1.29, 1.82) is 0 Å². The highest BCUT2D eigenvalue weighted by atomic mass is 16.1. The van der Waals surface area contributed by atoms with Gasteiger partial charge in [0.1, 0.15) is 0 Å². The van der Waals surface area contributed by atoms with Crippen molar-refractivity contribution in [3.05, 3.63) is 23.9 Å². The first-order valence-electron chi connectivity index (χ1n) is 3.79. The van der Waals surface area contributed by atoms with Gasteiger partial charge < -0.3 is 4.90 Å². The summed E-state index contributed by atoms with van der Waals surface area (Å²) in [7, 11) is 0. The molecule has 0 atom stereocenters. The molecular formula is C9H13NO2. The van der Waals surface area contributed by atoms with E-state index in [1.807, 2.05) is 13.8 Å². The quantitative estimate of drug-likeness (QED) is 0.349. The van der Waals surface area contributed by atoms with E-state index in [4.69, 9.17) is 0 Å². The topological polar surface area (TPSA) is 37.4 Å². The molecule has 0 aromatic carbocycles. The van der Waals surface area contributed by atoms with Gasteiger partial charge in [0.05, 0.1) is 0 Å². The summed E-state index contributed by atoms with van der Waals surface area (Å²) in [6.45, 7) is 4.22. The minimum absolute atomic E-state index is 0.492. The van der Waals surface area contributed by atoms with E-state index in [1.54, 1.807) is 12.2 Å². The Morgan fingerprint density at radius 1 is 1.42 bits per heavy atom. The maximum absolute atomic E-state index is 10.4. The zero-order valence-corrected chi connectivity index (χ0v) is 7.36. The summed E-state index contributed by atoms with van der Waals surface area (Å²) in [6.07, 6.45) is 6.32. The van der Waals surface area contributed by atoms with E-state index in [0.29, 0.717) is 24.8 Å². The summed E-state index contributed by atoms with van der Waals surface area (Å²) in [4.78, 5) is 22.1. The van der Waals surface area contributed by atoms with Gasteiger partial charge in [-0.3, -0.25) is 9.59 Å². The normalized spacial score (nSPS) is 11.7. The van der Waals surface area contributed by atoms with E-state index in [0.717, 1.165) is 0 Å². The molecule has 0 N–H and O–H groups in total. The largest absolute Gasteiger partial charge is 0.321 e. The van der Waals surface area contributed by atoms with Gasteiger partial charge in [-0.1, -0.05) is 12.2 Å². The fraction of sp³-hybridized carbons (Fsp3) is 0.333. The van der Waals surface area contributed by atoms with Crippen molar-refractivity contribution in [3.8, 4) is 0 Å². The molecule has 3 heteroatoms. The lowest BCUT2D eigenvalue weighted by atomic mass is 10.3. The molecule has 0 radical (unpaired) electrons. The summed E-state index contributed by atoms with van der Waals surface area (Å²) in [5.41, 5.74) is 0.492. The van der Waals surface area contributed by atoms with Crippen molar-refractivity contribution in [1.82, 2.24) is 4.90 Å². The molecule has 0 unspecified atom stereocenters. The molecule has 0 aromatic heterocycles. The molecule has 0 rings (SSSR count). The molecule has 0 aliphatic heterocycles. The Hall–Kier alpha value is -1.38. The minimum atomic E-state index is 0.492. The Morgan fingerprint density at radius 3 is 2.42 bits per heavy atom. The van der Waals surface area contributed by atoms with Gasteiger partial charge in [0, 0.05) is 18.3 Å². The number of hydrogen-bond donors (Lipinski definition) is 0. The number of carbonyl (C=O) groups is 2. The van der Waals surface area contributed by atoms with Crippen LogP contribution in [0.4, 0.5) is 0 Å². The Bertz CT molecular complexity index is 207. The first-order chi connectivity index (χ1) is 5.78. The van der Waals surface area contributed by atoms with Gasteiger partial charge in [0.25, 0.3) is 0 Å². The van der Waals surface area contributed by atoms with Crippen LogP contribution in [-0.2, 0) is 9.59 Å². The Morgan fingerprint density at radius 2 is 2.08 bits per heavy atom. The molecule has 1 amide bonds. The van der Waals surface area contributed by atoms with E-state index in [-0.39, 0.29) is 0 Å². The monoisotopic (exact) mass is 167 g/mol. The summed E-state index contributed by atoms with van der Waals surface area (Å²) < 4.78 is 0. The van der Waals surface area contributed by atoms with Gasteiger partial charge in [0.2, 0.25) is 6.41 Å². The van der Waals surface area contributed by atoms with Gasteiger partial charge in [-0.15, -0.1) is 0 Å². The van der Waals surface area contributed by atoms with Crippen LogP contribution in [0.1, 0.15) is 13.8 Å². The second-order valence-electron chi connectivity index (χ2n) is 2.18. The third kappa shape index (κ3) is 3.71. The number of aldehydes is 1. The van der Waals surface area contributed by atoms with E-state index < -0.39 is 0 Å². The van der Waals surface area contributed by atoms with Crippen LogP contribution < -0.4 is 0 Å². The van der Waals surface area contributed by atoms with Crippen LogP contribution in [0.25, 0.3) is 0 Å².